The summed E-state index contributed by atoms with van der Waals surface area (Å²) in [6, 6.07) is 15.9. The van der Waals surface area contributed by atoms with Gasteiger partial charge in [-0.1, -0.05) is 43.0 Å². The van der Waals surface area contributed by atoms with Crippen molar-refractivity contribution in [2.45, 2.75) is 82.9 Å². The van der Waals surface area contributed by atoms with Crippen LogP contribution in [0.15, 0.2) is 42.5 Å². The number of hydrogen-bond donors (Lipinski definition) is 1. The van der Waals surface area contributed by atoms with Gasteiger partial charge in [0.25, 0.3) is 0 Å². The summed E-state index contributed by atoms with van der Waals surface area (Å²) < 4.78 is 8.48. The molecule has 0 amide bonds. The van der Waals surface area contributed by atoms with Crippen LogP contribution in [0.25, 0.3) is 10.9 Å². The second-order valence-electron chi connectivity index (χ2n) is 10.8. The molecule has 3 aromatic rings. The molecule has 1 aliphatic heterocycles. The highest BCUT2D eigenvalue weighted by Crippen LogP contribution is 2.44. The van der Waals surface area contributed by atoms with Gasteiger partial charge in [-0.25, -0.2) is 0 Å². The van der Waals surface area contributed by atoms with Crippen LogP contribution in [0.2, 0.25) is 0 Å². The normalized spacial score (nSPS) is 22.0. The van der Waals surface area contributed by atoms with Gasteiger partial charge in [-0.2, -0.15) is 0 Å². The Labute approximate surface area is 203 Å². The van der Waals surface area contributed by atoms with E-state index < -0.39 is 6.10 Å². The summed E-state index contributed by atoms with van der Waals surface area (Å²) in [6.07, 6.45) is 10.0. The van der Waals surface area contributed by atoms with Gasteiger partial charge in [0.15, 0.2) is 0 Å². The van der Waals surface area contributed by atoms with E-state index in [1.807, 2.05) is 12.1 Å². The molecular formula is C30H38N2O2. The van der Waals surface area contributed by atoms with Crippen molar-refractivity contribution < 1.29 is 9.84 Å². The minimum atomic E-state index is -0.486. The molecule has 2 aliphatic carbocycles. The van der Waals surface area contributed by atoms with Gasteiger partial charge in [-0.05, 0) is 80.3 Å². The van der Waals surface area contributed by atoms with Crippen molar-refractivity contribution >= 4 is 10.9 Å². The molecule has 0 spiro atoms. The van der Waals surface area contributed by atoms with E-state index in [-0.39, 0.29) is 0 Å². The zero-order chi connectivity index (χ0) is 23.1. The van der Waals surface area contributed by atoms with Gasteiger partial charge in [0.1, 0.15) is 18.5 Å². The number of aliphatic hydroxyl groups excluding tert-OH is 1. The van der Waals surface area contributed by atoms with Crippen LogP contribution in [0, 0.1) is 6.92 Å². The lowest BCUT2D eigenvalue weighted by Crippen LogP contribution is -2.44. The number of nitrogens with zero attached hydrogens (tertiary/aromatic N) is 2. The van der Waals surface area contributed by atoms with Crippen molar-refractivity contribution in [3.63, 3.8) is 0 Å². The average molecular weight is 459 g/mol. The fourth-order valence-corrected chi connectivity index (χ4v) is 6.75. The maximum atomic E-state index is 10.8. The van der Waals surface area contributed by atoms with Crippen LogP contribution in [0.1, 0.15) is 79.3 Å². The fraction of sp³-hybridized carbons (Fsp3) is 0.533. The van der Waals surface area contributed by atoms with E-state index in [0.29, 0.717) is 19.2 Å². The lowest BCUT2D eigenvalue weighted by atomic mass is 9.83. The van der Waals surface area contributed by atoms with E-state index in [9.17, 15) is 5.11 Å². The largest absolute Gasteiger partial charge is 0.491 e. The maximum Gasteiger partial charge on any atom is 0.119 e. The predicted molar refractivity (Wildman–Crippen MR) is 138 cm³/mol. The van der Waals surface area contributed by atoms with E-state index in [1.165, 1.54) is 73.5 Å². The highest BCUT2D eigenvalue weighted by atomic mass is 16.5. The summed E-state index contributed by atoms with van der Waals surface area (Å²) in [7, 11) is 0. The number of ether oxygens (including phenoxy) is 1. The topological polar surface area (TPSA) is 37.6 Å². The summed E-state index contributed by atoms with van der Waals surface area (Å²) in [5, 5.41) is 12.3. The van der Waals surface area contributed by atoms with E-state index in [0.717, 1.165) is 24.8 Å². The van der Waals surface area contributed by atoms with Crippen LogP contribution in [0.3, 0.4) is 0 Å². The smallest absolute Gasteiger partial charge is 0.119 e. The van der Waals surface area contributed by atoms with Crippen molar-refractivity contribution in [1.29, 1.82) is 0 Å². The Morgan fingerprint density at radius 1 is 0.971 bits per heavy atom. The summed E-state index contributed by atoms with van der Waals surface area (Å²) in [5.41, 5.74) is 7.32. The Kier molecular flexibility index (Phi) is 6.13. The fourth-order valence-electron chi connectivity index (χ4n) is 6.75. The van der Waals surface area contributed by atoms with Crippen LogP contribution in [-0.4, -0.2) is 40.4 Å². The third kappa shape index (κ3) is 4.16. The molecule has 34 heavy (non-hydrogen) atoms. The lowest BCUT2D eigenvalue weighted by molar-refractivity contribution is 0.0375. The number of rotatable bonds is 6. The third-order valence-electron chi connectivity index (χ3n) is 8.49. The van der Waals surface area contributed by atoms with E-state index in [1.54, 1.807) is 11.1 Å². The third-order valence-corrected chi connectivity index (χ3v) is 8.49. The molecule has 2 heterocycles. The number of aliphatic hydroxyl groups is 1. The maximum absolute atomic E-state index is 10.8. The minimum Gasteiger partial charge on any atom is -0.491 e. The molecule has 0 radical (unpaired) electrons. The molecule has 2 aromatic carbocycles. The average Bonchev–Trinajstić information content (AvgIpc) is 3.20. The molecule has 6 rings (SSSR count). The Balaban J connectivity index is 1.21. The van der Waals surface area contributed by atoms with Gasteiger partial charge < -0.3 is 14.4 Å². The molecule has 0 bridgehead atoms. The van der Waals surface area contributed by atoms with Crippen molar-refractivity contribution in [2.75, 3.05) is 19.7 Å². The molecule has 1 saturated carbocycles. The Bertz CT molecular complexity index is 1140. The first-order chi connectivity index (χ1) is 16.7. The van der Waals surface area contributed by atoms with Gasteiger partial charge in [-0.15, -0.1) is 0 Å². The Morgan fingerprint density at radius 3 is 2.62 bits per heavy atom. The van der Waals surface area contributed by atoms with Gasteiger partial charge in [0.2, 0.25) is 0 Å². The van der Waals surface area contributed by atoms with Crippen LogP contribution < -0.4 is 4.74 Å². The molecule has 4 heteroatoms. The Morgan fingerprint density at radius 2 is 1.79 bits per heavy atom. The first-order valence-corrected chi connectivity index (χ1v) is 13.4. The number of fused-ring (bicyclic) bond motifs is 3. The van der Waals surface area contributed by atoms with E-state index in [4.69, 9.17) is 4.74 Å². The van der Waals surface area contributed by atoms with Gasteiger partial charge in [0.05, 0.1) is 6.04 Å². The quantitative estimate of drug-likeness (QED) is 0.483. The van der Waals surface area contributed by atoms with Gasteiger partial charge in [0, 0.05) is 36.2 Å². The first-order valence-electron chi connectivity index (χ1n) is 13.4. The van der Waals surface area contributed by atoms with E-state index >= 15 is 0 Å². The monoisotopic (exact) mass is 458 g/mol. The van der Waals surface area contributed by atoms with Crippen LogP contribution in [0.5, 0.6) is 5.75 Å². The van der Waals surface area contributed by atoms with Crippen LogP contribution in [-0.2, 0) is 13.0 Å². The summed E-state index contributed by atoms with van der Waals surface area (Å²) in [6.45, 7) is 5.09. The number of aromatic nitrogens is 1. The molecule has 0 unspecified atom stereocenters. The molecule has 1 fully saturated rings. The van der Waals surface area contributed by atoms with Crippen molar-refractivity contribution in [1.82, 2.24) is 9.47 Å². The lowest BCUT2D eigenvalue weighted by Gasteiger charge is -2.40. The number of hydrogen-bond acceptors (Lipinski definition) is 3. The number of β-amino-alcohol motifs (C(OH)–C–C–N with tert-alkyl or cyclic N) is 1. The van der Waals surface area contributed by atoms with Crippen molar-refractivity contribution in [2.24, 2.45) is 0 Å². The SMILES string of the molecule is Cc1ccc(OC[C@@H](O)CN2CCn3c4c(c5cc(C6CCCCC6)ccc53)CCC[C@@H]42)cc1. The first kappa shape index (κ1) is 22.2. The van der Waals surface area contributed by atoms with Crippen LogP contribution >= 0.6 is 0 Å². The van der Waals surface area contributed by atoms with E-state index in [2.05, 4.69) is 46.7 Å². The highest BCUT2D eigenvalue weighted by molar-refractivity contribution is 5.87. The van der Waals surface area contributed by atoms with Crippen molar-refractivity contribution in [3.8, 4) is 5.75 Å². The number of benzene rings is 2. The Hall–Kier alpha value is -2.30. The zero-order valence-corrected chi connectivity index (χ0v) is 20.5. The number of aryl methyl sites for hydroxylation is 2. The zero-order valence-electron chi connectivity index (χ0n) is 20.5. The molecule has 1 aromatic heterocycles. The second kappa shape index (κ2) is 9.39. The molecule has 0 saturated heterocycles. The van der Waals surface area contributed by atoms with Gasteiger partial charge in [-0.3, -0.25) is 4.90 Å². The predicted octanol–water partition coefficient (Wildman–Crippen LogP) is 6.13. The summed E-state index contributed by atoms with van der Waals surface area (Å²) in [5.74, 6) is 1.58. The molecular weight excluding hydrogens is 420 g/mol. The molecule has 1 N–H and O–H groups in total. The minimum absolute atomic E-state index is 0.340. The standard InChI is InChI=1S/C30H38N2O2/c1-21-10-13-25(14-11-21)34-20-24(33)19-31-16-17-32-28-15-12-23(22-6-3-2-4-7-22)18-27(28)26-8-5-9-29(31)30(26)32/h10-15,18,22,24,29,33H,2-9,16-17,19-20H2,1H3/t24-,29-/m0/s1. The summed E-state index contributed by atoms with van der Waals surface area (Å²) >= 11 is 0. The van der Waals surface area contributed by atoms with Gasteiger partial charge >= 0.3 is 0 Å². The highest BCUT2D eigenvalue weighted by Gasteiger charge is 2.35. The second-order valence-corrected chi connectivity index (χ2v) is 10.8. The molecule has 180 valence electrons. The molecule has 2 atom stereocenters. The van der Waals surface area contributed by atoms with Crippen molar-refractivity contribution in [3.05, 3.63) is 64.8 Å². The molecule has 4 nitrogen and oxygen atoms in total. The summed E-state index contributed by atoms with van der Waals surface area (Å²) in [4.78, 5) is 2.52. The van der Waals surface area contributed by atoms with Crippen LogP contribution in [0.4, 0.5) is 0 Å². The molecule has 3 aliphatic rings.